The zero-order valence-corrected chi connectivity index (χ0v) is 37.2. The molecule has 0 radical (unpaired) electrons. The molecule has 2 atom stereocenters. The van der Waals surface area contributed by atoms with E-state index in [1.54, 1.807) is 36.9 Å². The Hall–Kier alpha value is -1.46. The molecule has 0 fully saturated rings. The Morgan fingerprint density at radius 1 is 0.556 bits per heavy atom. The van der Waals surface area contributed by atoms with Crippen molar-refractivity contribution in [3.05, 3.63) is 35.7 Å². The molecule has 1 aromatic carbocycles. The molecule has 2 aromatic heterocycles. The van der Waals surface area contributed by atoms with Crippen LogP contribution in [0.15, 0.2) is 35.7 Å². The van der Waals surface area contributed by atoms with Gasteiger partial charge in [-0.3, -0.25) is 0 Å². The number of benzene rings is 1. The lowest BCUT2D eigenvalue weighted by Gasteiger charge is -2.20. The molecule has 0 saturated heterocycles. The van der Waals surface area contributed by atoms with E-state index in [1.165, 1.54) is 12.8 Å². The maximum absolute atomic E-state index is 6.55. The summed E-state index contributed by atoms with van der Waals surface area (Å²) in [6.07, 6.45) is 8.69. The van der Waals surface area contributed by atoms with E-state index in [9.17, 15) is 0 Å². The number of rotatable bonds is 34. The molecule has 0 amide bonds. The van der Waals surface area contributed by atoms with Crippen molar-refractivity contribution in [2.45, 2.75) is 75.2 Å². The molecule has 10 nitrogen and oxygen atoms in total. The van der Waals surface area contributed by atoms with Crippen molar-refractivity contribution in [2.75, 3.05) is 93.5 Å². The molecule has 3 rings (SSSR count). The Balaban J connectivity index is 1.80. The van der Waals surface area contributed by atoms with Crippen LogP contribution in [-0.4, -0.2) is 104 Å². The summed E-state index contributed by atoms with van der Waals surface area (Å²) >= 11 is 10.8. The SMILES string of the molecule is CCCCCC(Br)Oc1cccc(OC(Br)CCCCC)c1-c1ccc(-c2scc(OCCOCCOCCOC)c2OCCOCCOCCOC)s1. The van der Waals surface area contributed by atoms with Gasteiger partial charge in [-0.15, -0.1) is 22.7 Å². The predicted molar refractivity (Wildman–Crippen MR) is 226 cm³/mol. The molecular formula is C40H60Br2O10S2. The highest BCUT2D eigenvalue weighted by atomic mass is 79.9. The predicted octanol–water partition coefficient (Wildman–Crippen LogP) is 10.6. The lowest BCUT2D eigenvalue weighted by atomic mass is 10.1. The van der Waals surface area contributed by atoms with E-state index in [1.807, 2.05) is 23.6 Å². The van der Waals surface area contributed by atoms with Crippen LogP contribution in [0.2, 0.25) is 0 Å². The summed E-state index contributed by atoms with van der Waals surface area (Å²) in [4.78, 5) is 3.07. The lowest BCUT2D eigenvalue weighted by molar-refractivity contribution is 0.0161. The smallest absolute Gasteiger partial charge is 0.180 e. The zero-order chi connectivity index (χ0) is 38.6. The number of halogens is 2. The Labute approximate surface area is 347 Å². The highest BCUT2D eigenvalue weighted by Crippen LogP contribution is 2.50. The average molecular weight is 925 g/mol. The summed E-state index contributed by atoms with van der Waals surface area (Å²) in [6.45, 7) is 10.1. The molecule has 3 aromatic rings. The third-order valence-corrected chi connectivity index (χ3v) is 11.4. The highest BCUT2D eigenvalue weighted by Gasteiger charge is 2.23. The van der Waals surface area contributed by atoms with E-state index in [0.717, 1.165) is 70.2 Å². The van der Waals surface area contributed by atoms with Crippen molar-refractivity contribution in [1.82, 2.24) is 0 Å². The molecule has 14 heteroatoms. The second-order valence-electron chi connectivity index (χ2n) is 12.2. The van der Waals surface area contributed by atoms with Gasteiger partial charge in [0, 0.05) is 29.4 Å². The summed E-state index contributed by atoms with van der Waals surface area (Å²) in [5, 5.41) is 1.78. The molecule has 54 heavy (non-hydrogen) atoms. The second kappa shape index (κ2) is 29.7. The number of alkyl halides is 2. The van der Waals surface area contributed by atoms with Crippen LogP contribution in [0.5, 0.6) is 23.0 Å². The van der Waals surface area contributed by atoms with Gasteiger partial charge in [-0.25, -0.2) is 0 Å². The number of unbranched alkanes of at least 4 members (excludes halogenated alkanes) is 4. The van der Waals surface area contributed by atoms with Gasteiger partial charge in [0.1, 0.15) is 24.7 Å². The fourth-order valence-electron chi connectivity index (χ4n) is 5.13. The molecule has 0 saturated carbocycles. The summed E-state index contributed by atoms with van der Waals surface area (Å²) in [5.74, 6) is 2.92. The number of thiophene rings is 2. The van der Waals surface area contributed by atoms with Gasteiger partial charge in [0.25, 0.3) is 0 Å². The number of methoxy groups -OCH3 is 2. The topological polar surface area (TPSA) is 92.3 Å². The molecule has 306 valence electrons. The first kappa shape index (κ1) is 46.9. The zero-order valence-electron chi connectivity index (χ0n) is 32.4. The van der Waals surface area contributed by atoms with Crippen LogP contribution < -0.4 is 18.9 Å². The third kappa shape index (κ3) is 18.2. The van der Waals surface area contributed by atoms with Gasteiger partial charge < -0.3 is 47.4 Å². The summed E-state index contributed by atoms with van der Waals surface area (Å²) in [5.41, 5.74) is 0.939. The second-order valence-corrected chi connectivity index (χ2v) is 16.2. The molecule has 0 aliphatic heterocycles. The van der Waals surface area contributed by atoms with E-state index >= 15 is 0 Å². The Kier molecular flexibility index (Phi) is 25.8. The monoisotopic (exact) mass is 922 g/mol. The van der Waals surface area contributed by atoms with E-state index in [2.05, 4.69) is 57.8 Å². The van der Waals surface area contributed by atoms with Crippen LogP contribution in [0.1, 0.15) is 65.2 Å². The molecule has 2 heterocycles. The summed E-state index contributed by atoms with van der Waals surface area (Å²) < 4.78 is 58.2. The molecule has 2 unspecified atom stereocenters. The van der Waals surface area contributed by atoms with Gasteiger partial charge in [-0.05, 0) is 81.8 Å². The molecule has 0 N–H and O–H groups in total. The maximum Gasteiger partial charge on any atom is 0.180 e. The van der Waals surface area contributed by atoms with E-state index < -0.39 is 0 Å². The van der Waals surface area contributed by atoms with Crippen molar-refractivity contribution in [3.8, 4) is 43.2 Å². The largest absolute Gasteiger partial charge is 0.486 e. The van der Waals surface area contributed by atoms with Crippen LogP contribution in [0, 0.1) is 0 Å². The van der Waals surface area contributed by atoms with Gasteiger partial charge in [-0.2, -0.15) is 0 Å². The first-order valence-electron chi connectivity index (χ1n) is 19.0. The van der Waals surface area contributed by atoms with Gasteiger partial charge in [-0.1, -0.05) is 45.6 Å². The fourth-order valence-corrected chi connectivity index (χ4v) is 8.29. The van der Waals surface area contributed by atoms with Crippen molar-refractivity contribution in [2.24, 2.45) is 0 Å². The van der Waals surface area contributed by atoms with E-state index in [-0.39, 0.29) is 10.0 Å². The standard InChI is InChI=1S/C40H60Br2O10S2/c1-5-7-9-14-36(41)51-31-12-11-13-32(52-37(42)15-10-8-6-2)38(31)34-16-17-35(54-34)40-39(50-29-27-48-25-23-46-21-19-44-4)33(30-53-40)49-28-26-47-24-22-45-20-18-43-3/h11-13,16-17,30,36-37H,5-10,14-15,18-29H2,1-4H3. The molecule has 0 spiro atoms. The van der Waals surface area contributed by atoms with E-state index in [0.29, 0.717) is 90.8 Å². The third-order valence-electron chi connectivity index (χ3n) is 7.92. The Morgan fingerprint density at radius 3 is 1.56 bits per heavy atom. The van der Waals surface area contributed by atoms with Crippen LogP contribution in [-0.2, 0) is 28.4 Å². The lowest BCUT2D eigenvalue weighted by Crippen LogP contribution is -2.13. The Bertz CT molecular complexity index is 1340. The highest BCUT2D eigenvalue weighted by molar-refractivity contribution is 9.09. The quantitative estimate of drug-likeness (QED) is 0.0426. The fraction of sp³-hybridized carbons (Fsp3) is 0.650. The van der Waals surface area contributed by atoms with Gasteiger partial charge >= 0.3 is 0 Å². The summed E-state index contributed by atoms with van der Waals surface area (Å²) in [6, 6.07) is 10.3. The number of hydrogen-bond acceptors (Lipinski definition) is 12. The molecule has 0 aliphatic rings. The maximum atomic E-state index is 6.55. The Morgan fingerprint density at radius 2 is 1.04 bits per heavy atom. The van der Waals surface area contributed by atoms with Crippen molar-refractivity contribution in [3.63, 3.8) is 0 Å². The summed E-state index contributed by atoms with van der Waals surface area (Å²) in [7, 11) is 3.31. The van der Waals surface area contributed by atoms with Crippen molar-refractivity contribution >= 4 is 54.5 Å². The number of hydrogen-bond donors (Lipinski definition) is 0. The van der Waals surface area contributed by atoms with Gasteiger partial charge in [0.05, 0.1) is 76.5 Å². The minimum atomic E-state index is -0.106. The van der Waals surface area contributed by atoms with Gasteiger partial charge in [0.15, 0.2) is 21.5 Å². The molecule has 0 bridgehead atoms. The van der Waals surface area contributed by atoms with Crippen LogP contribution >= 0.6 is 54.5 Å². The minimum Gasteiger partial charge on any atom is -0.486 e. The van der Waals surface area contributed by atoms with Crippen molar-refractivity contribution < 1.29 is 47.4 Å². The van der Waals surface area contributed by atoms with Crippen molar-refractivity contribution in [1.29, 1.82) is 0 Å². The van der Waals surface area contributed by atoms with E-state index in [4.69, 9.17) is 47.4 Å². The molecule has 0 aliphatic carbocycles. The minimum absolute atomic E-state index is 0.106. The first-order chi connectivity index (χ1) is 26.5. The van der Waals surface area contributed by atoms with Crippen LogP contribution in [0.4, 0.5) is 0 Å². The normalized spacial score (nSPS) is 12.6. The first-order valence-corrected chi connectivity index (χ1v) is 22.6. The molecular weight excluding hydrogens is 864 g/mol. The van der Waals surface area contributed by atoms with Gasteiger partial charge in [0.2, 0.25) is 0 Å². The average Bonchev–Trinajstić information content (AvgIpc) is 3.81. The van der Waals surface area contributed by atoms with Crippen LogP contribution in [0.3, 0.4) is 0 Å². The van der Waals surface area contributed by atoms with Crippen LogP contribution in [0.25, 0.3) is 20.2 Å². The number of ether oxygens (including phenoxy) is 10.